The van der Waals surface area contributed by atoms with E-state index in [9.17, 15) is 4.79 Å². The van der Waals surface area contributed by atoms with E-state index < -0.39 is 0 Å². The molecule has 0 bridgehead atoms. The lowest BCUT2D eigenvalue weighted by Crippen LogP contribution is -2.01. The summed E-state index contributed by atoms with van der Waals surface area (Å²) in [6.07, 6.45) is 0.444. The fourth-order valence-electron chi connectivity index (χ4n) is 1.08. The van der Waals surface area contributed by atoms with E-state index in [1.54, 1.807) is 37.4 Å². The molecule has 0 aliphatic heterocycles. The lowest BCUT2D eigenvalue weighted by atomic mass is 10.1. The highest BCUT2D eigenvalue weighted by Crippen LogP contribution is 2.16. The van der Waals surface area contributed by atoms with Gasteiger partial charge in [-0.3, -0.25) is 4.79 Å². The van der Waals surface area contributed by atoms with Gasteiger partial charge in [0, 0.05) is 0 Å². The summed E-state index contributed by atoms with van der Waals surface area (Å²) in [5.41, 5.74) is 6.37. The van der Waals surface area contributed by atoms with Crippen LogP contribution in [0.25, 0.3) is 5.70 Å². The van der Waals surface area contributed by atoms with Gasteiger partial charge in [-0.2, -0.15) is 5.26 Å². The Hall–Kier alpha value is -2.28. The molecule has 0 aliphatic carbocycles. The summed E-state index contributed by atoms with van der Waals surface area (Å²) in [4.78, 5) is 10.5. The minimum Gasteiger partial charge on any atom is -0.497 e. The minimum atomic E-state index is -0.0693. The number of hydrogen-bond acceptors (Lipinski definition) is 4. The summed E-state index contributed by atoms with van der Waals surface area (Å²) in [7, 11) is 1.56. The minimum absolute atomic E-state index is 0.0693. The van der Waals surface area contributed by atoms with E-state index in [2.05, 4.69) is 0 Å². The predicted molar refractivity (Wildman–Crippen MR) is 55.8 cm³/mol. The van der Waals surface area contributed by atoms with Gasteiger partial charge >= 0.3 is 0 Å². The van der Waals surface area contributed by atoms with Gasteiger partial charge < -0.3 is 10.5 Å². The van der Waals surface area contributed by atoms with Gasteiger partial charge in [-0.1, -0.05) is 0 Å². The Morgan fingerprint density at radius 2 is 2.07 bits per heavy atom. The van der Waals surface area contributed by atoms with E-state index in [0.29, 0.717) is 17.6 Å². The molecule has 76 valence electrons. The largest absolute Gasteiger partial charge is 0.497 e. The number of methoxy groups -OCH3 is 1. The molecule has 15 heavy (non-hydrogen) atoms. The van der Waals surface area contributed by atoms with Crippen LogP contribution in [0, 0.1) is 11.3 Å². The van der Waals surface area contributed by atoms with Crippen LogP contribution in [-0.4, -0.2) is 13.4 Å². The molecule has 0 unspecified atom stereocenters. The van der Waals surface area contributed by atoms with Crippen molar-refractivity contribution in [3.63, 3.8) is 0 Å². The molecule has 4 heteroatoms. The first-order valence-electron chi connectivity index (χ1n) is 4.22. The molecule has 1 aromatic carbocycles. The second-order valence-corrected chi connectivity index (χ2v) is 2.79. The first kappa shape index (κ1) is 10.8. The summed E-state index contributed by atoms with van der Waals surface area (Å²) in [6, 6.07) is 8.53. The molecule has 0 saturated heterocycles. The van der Waals surface area contributed by atoms with E-state index in [0.717, 1.165) is 0 Å². The number of nitrogens with zero attached hydrogens (tertiary/aromatic N) is 1. The van der Waals surface area contributed by atoms with Crippen LogP contribution in [-0.2, 0) is 4.79 Å². The molecule has 0 atom stereocenters. The van der Waals surface area contributed by atoms with Crippen molar-refractivity contribution in [3.8, 4) is 11.8 Å². The normalized spacial score (nSPS) is 11.2. The van der Waals surface area contributed by atoms with Gasteiger partial charge in [-0.05, 0) is 29.8 Å². The van der Waals surface area contributed by atoms with Crippen molar-refractivity contribution in [2.24, 2.45) is 5.73 Å². The van der Waals surface area contributed by atoms with Crippen LogP contribution in [0.15, 0.2) is 29.8 Å². The number of carbonyl (C=O) groups is 1. The van der Waals surface area contributed by atoms with E-state index >= 15 is 0 Å². The molecule has 2 N–H and O–H groups in total. The fraction of sp³-hybridized carbons (Fsp3) is 0.0909. The Balaban J connectivity index is 3.12. The molecule has 0 radical (unpaired) electrons. The summed E-state index contributed by atoms with van der Waals surface area (Å²) in [5, 5.41) is 8.61. The first-order chi connectivity index (χ1) is 7.22. The SMILES string of the molecule is COc1ccc(/C(N)=C(\C#N)C=O)cc1. The van der Waals surface area contributed by atoms with Gasteiger partial charge in [-0.15, -0.1) is 0 Å². The van der Waals surface area contributed by atoms with Gasteiger partial charge in [0.15, 0.2) is 6.29 Å². The van der Waals surface area contributed by atoms with Crippen LogP contribution >= 0.6 is 0 Å². The van der Waals surface area contributed by atoms with E-state index in [1.165, 1.54) is 0 Å². The van der Waals surface area contributed by atoms with Gasteiger partial charge in [0.2, 0.25) is 0 Å². The molecule has 4 nitrogen and oxygen atoms in total. The summed E-state index contributed by atoms with van der Waals surface area (Å²) < 4.78 is 4.97. The van der Waals surface area contributed by atoms with Crippen LogP contribution in [0.3, 0.4) is 0 Å². The number of aldehydes is 1. The third-order valence-corrected chi connectivity index (χ3v) is 1.93. The third kappa shape index (κ3) is 2.35. The maximum absolute atomic E-state index is 10.5. The average molecular weight is 202 g/mol. The van der Waals surface area contributed by atoms with Crippen molar-refractivity contribution >= 4 is 12.0 Å². The number of hydrogen-bond donors (Lipinski definition) is 1. The lowest BCUT2D eigenvalue weighted by Gasteiger charge is -2.03. The van der Waals surface area contributed by atoms with E-state index in [1.807, 2.05) is 0 Å². The maximum atomic E-state index is 10.5. The first-order valence-corrected chi connectivity index (χ1v) is 4.22. The van der Waals surface area contributed by atoms with Crippen molar-refractivity contribution in [3.05, 3.63) is 35.4 Å². The Labute approximate surface area is 87.6 Å². The van der Waals surface area contributed by atoms with Crippen LogP contribution in [0.4, 0.5) is 0 Å². The summed E-state index contributed by atoms with van der Waals surface area (Å²) >= 11 is 0. The molecule has 0 amide bonds. The van der Waals surface area contributed by atoms with Gasteiger partial charge in [0.05, 0.1) is 12.8 Å². The zero-order valence-corrected chi connectivity index (χ0v) is 8.23. The van der Waals surface area contributed by atoms with Gasteiger partial charge in [0.1, 0.15) is 17.4 Å². The number of nitrogens with two attached hydrogens (primary N) is 1. The highest BCUT2D eigenvalue weighted by molar-refractivity contribution is 5.91. The molecule has 0 fully saturated rings. The fourth-order valence-corrected chi connectivity index (χ4v) is 1.08. The van der Waals surface area contributed by atoms with Crippen LogP contribution in [0.5, 0.6) is 5.75 Å². The molecule has 0 aliphatic rings. The maximum Gasteiger partial charge on any atom is 0.162 e. The van der Waals surface area contributed by atoms with Crippen molar-refractivity contribution in [1.82, 2.24) is 0 Å². The lowest BCUT2D eigenvalue weighted by molar-refractivity contribution is -0.104. The number of allylic oxidation sites excluding steroid dienone is 1. The summed E-state index contributed by atoms with van der Waals surface area (Å²) in [6.45, 7) is 0. The monoisotopic (exact) mass is 202 g/mol. The van der Waals surface area contributed by atoms with Crippen molar-refractivity contribution < 1.29 is 9.53 Å². The zero-order chi connectivity index (χ0) is 11.3. The van der Waals surface area contributed by atoms with Crippen molar-refractivity contribution in [2.45, 2.75) is 0 Å². The molecular weight excluding hydrogens is 192 g/mol. The molecule has 1 aromatic rings. The van der Waals surface area contributed by atoms with Gasteiger partial charge in [-0.25, -0.2) is 0 Å². The second kappa shape index (κ2) is 4.82. The average Bonchev–Trinajstić information content (AvgIpc) is 2.30. The standard InChI is InChI=1S/C11H10N2O2/c1-15-10-4-2-8(3-5-10)11(13)9(6-12)7-14/h2-5,7H,13H2,1H3/b11-9-. The zero-order valence-electron chi connectivity index (χ0n) is 8.23. The Bertz CT molecular complexity index is 427. The molecule has 1 rings (SSSR count). The topological polar surface area (TPSA) is 76.1 Å². The van der Waals surface area contributed by atoms with E-state index in [4.69, 9.17) is 15.7 Å². The molecule has 0 heterocycles. The molecular formula is C11H10N2O2. The Kier molecular flexibility index (Phi) is 3.47. The van der Waals surface area contributed by atoms with Gasteiger partial charge in [0.25, 0.3) is 0 Å². The quantitative estimate of drug-likeness (QED) is 0.452. The van der Waals surface area contributed by atoms with E-state index in [-0.39, 0.29) is 11.3 Å². The Morgan fingerprint density at radius 1 is 1.47 bits per heavy atom. The highest BCUT2D eigenvalue weighted by Gasteiger charge is 2.04. The predicted octanol–water partition coefficient (Wildman–Crippen LogP) is 1.09. The Morgan fingerprint density at radius 3 is 2.47 bits per heavy atom. The smallest absolute Gasteiger partial charge is 0.162 e. The van der Waals surface area contributed by atoms with Crippen molar-refractivity contribution in [1.29, 1.82) is 5.26 Å². The highest BCUT2D eigenvalue weighted by atomic mass is 16.5. The molecule has 0 saturated carbocycles. The van der Waals surface area contributed by atoms with Crippen LogP contribution < -0.4 is 10.5 Å². The van der Waals surface area contributed by atoms with Crippen molar-refractivity contribution in [2.75, 3.05) is 7.11 Å². The number of benzene rings is 1. The number of nitriles is 1. The van der Waals surface area contributed by atoms with Crippen LogP contribution in [0.1, 0.15) is 5.56 Å². The number of rotatable bonds is 3. The molecule has 0 aromatic heterocycles. The second-order valence-electron chi connectivity index (χ2n) is 2.79. The molecule has 0 spiro atoms. The summed E-state index contributed by atoms with van der Waals surface area (Å²) in [5.74, 6) is 0.691. The number of carbonyl (C=O) groups excluding carboxylic acids is 1. The van der Waals surface area contributed by atoms with Crippen LogP contribution in [0.2, 0.25) is 0 Å². The number of ether oxygens (including phenoxy) is 1. The third-order valence-electron chi connectivity index (χ3n) is 1.93.